The molecule has 0 aliphatic carbocycles. The number of Topliss-reactive ketones (excluding diaryl/α,β-unsaturated/α-hetero) is 1. The second kappa shape index (κ2) is 8.24. The largest absolute Gasteiger partial charge is 0.300 e. The van der Waals surface area contributed by atoms with Gasteiger partial charge in [0.2, 0.25) is 0 Å². The van der Waals surface area contributed by atoms with Crippen LogP contribution in [0.25, 0.3) is 11.3 Å². The molecule has 0 bridgehead atoms. The third kappa shape index (κ3) is 4.56. The van der Waals surface area contributed by atoms with E-state index in [1.165, 1.54) is 48.2 Å². The number of benzene rings is 1. The summed E-state index contributed by atoms with van der Waals surface area (Å²) in [4.78, 5) is 20.3. The first-order chi connectivity index (χ1) is 12.1. The number of carbonyl (C=O) groups is 1. The molecule has 1 fully saturated rings. The Balaban J connectivity index is 1.90. The van der Waals surface area contributed by atoms with Crippen molar-refractivity contribution >= 4 is 17.1 Å². The third-order valence-electron chi connectivity index (χ3n) is 4.90. The van der Waals surface area contributed by atoms with Crippen molar-refractivity contribution in [2.75, 3.05) is 6.54 Å². The topological polar surface area (TPSA) is 33.2 Å². The van der Waals surface area contributed by atoms with Crippen LogP contribution in [0.3, 0.4) is 0 Å². The van der Waals surface area contributed by atoms with Crippen molar-refractivity contribution in [3.63, 3.8) is 0 Å². The maximum absolute atomic E-state index is 11.6. The summed E-state index contributed by atoms with van der Waals surface area (Å²) in [6, 6.07) is 9.24. The van der Waals surface area contributed by atoms with Crippen molar-refractivity contribution in [1.82, 2.24) is 9.88 Å². The molecule has 1 saturated heterocycles. The number of hydrogen-bond donors (Lipinski definition) is 0. The first-order valence-electron chi connectivity index (χ1n) is 9.36. The molecule has 1 aliphatic heterocycles. The lowest BCUT2D eigenvalue weighted by atomic mass is 10.1. The van der Waals surface area contributed by atoms with E-state index in [9.17, 15) is 4.79 Å². The zero-order chi connectivity index (χ0) is 17.8. The molecule has 0 saturated carbocycles. The summed E-state index contributed by atoms with van der Waals surface area (Å²) >= 11 is 1.72. The normalized spacial score (nSPS) is 18.0. The third-order valence-corrected chi connectivity index (χ3v) is 5.94. The Kier molecular flexibility index (Phi) is 6.02. The molecule has 25 heavy (non-hydrogen) atoms. The average Bonchev–Trinajstić information content (AvgIpc) is 3.15. The number of thiazole rings is 1. The summed E-state index contributed by atoms with van der Waals surface area (Å²) in [5.74, 6) is 0.182. The van der Waals surface area contributed by atoms with Gasteiger partial charge in [-0.1, -0.05) is 37.1 Å². The number of carbonyl (C=O) groups excluding carboxylic acids is 1. The van der Waals surface area contributed by atoms with Crippen molar-refractivity contribution in [2.24, 2.45) is 0 Å². The van der Waals surface area contributed by atoms with Crippen molar-refractivity contribution in [3.05, 3.63) is 39.7 Å². The highest BCUT2D eigenvalue weighted by Crippen LogP contribution is 2.33. The van der Waals surface area contributed by atoms with E-state index in [2.05, 4.69) is 43.0 Å². The molecule has 4 heteroatoms. The number of rotatable bonds is 7. The van der Waals surface area contributed by atoms with E-state index in [1.807, 2.05) is 0 Å². The van der Waals surface area contributed by atoms with Crippen LogP contribution >= 0.6 is 11.3 Å². The van der Waals surface area contributed by atoms with Crippen LogP contribution in [0.2, 0.25) is 0 Å². The smallest absolute Gasteiger partial charge is 0.136 e. The Morgan fingerprint density at radius 3 is 2.96 bits per heavy atom. The fraction of sp³-hybridized carbons (Fsp3) is 0.524. The van der Waals surface area contributed by atoms with Crippen LogP contribution in [0, 0.1) is 6.92 Å². The molecule has 0 radical (unpaired) electrons. The van der Waals surface area contributed by atoms with Gasteiger partial charge >= 0.3 is 0 Å². The van der Waals surface area contributed by atoms with E-state index in [0.717, 1.165) is 17.2 Å². The van der Waals surface area contributed by atoms with Crippen molar-refractivity contribution < 1.29 is 4.79 Å². The van der Waals surface area contributed by atoms with Gasteiger partial charge in [0, 0.05) is 23.0 Å². The quantitative estimate of drug-likeness (QED) is 0.699. The summed E-state index contributed by atoms with van der Waals surface area (Å²) in [5, 5.41) is 0.949. The molecule has 0 N–H and O–H groups in total. The highest BCUT2D eigenvalue weighted by molar-refractivity contribution is 7.12. The van der Waals surface area contributed by atoms with Gasteiger partial charge in [-0.25, -0.2) is 4.98 Å². The number of nitrogens with zero attached hydrogens (tertiary/aromatic N) is 2. The number of hydrogen-bond acceptors (Lipinski definition) is 4. The molecule has 134 valence electrons. The lowest BCUT2D eigenvalue weighted by Crippen LogP contribution is -2.28. The van der Waals surface area contributed by atoms with Crippen molar-refractivity contribution in [1.29, 1.82) is 0 Å². The Hall–Kier alpha value is -1.52. The molecule has 1 atom stereocenters. The van der Waals surface area contributed by atoms with Gasteiger partial charge < -0.3 is 0 Å². The molecule has 3 nitrogen and oxygen atoms in total. The van der Waals surface area contributed by atoms with Crippen LogP contribution in [-0.4, -0.2) is 28.3 Å². The predicted molar refractivity (Wildman–Crippen MR) is 105 cm³/mol. The van der Waals surface area contributed by atoms with Crippen molar-refractivity contribution in [2.45, 2.75) is 65.5 Å². The van der Waals surface area contributed by atoms with Gasteiger partial charge in [-0.2, -0.15) is 0 Å². The van der Waals surface area contributed by atoms with E-state index >= 15 is 0 Å². The highest BCUT2D eigenvalue weighted by atomic mass is 32.1. The fourth-order valence-corrected chi connectivity index (χ4v) is 4.95. The van der Waals surface area contributed by atoms with Crippen LogP contribution in [-0.2, 0) is 17.8 Å². The zero-order valence-electron chi connectivity index (χ0n) is 15.5. The number of likely N-dealkylation sites (tertiary alicyclic amines) is 1. The maximum atomic E-state index is 11.6. The first-order valence-corrected chi connectivity index (χ1v) is 10.2. The minimum Gasteiger partial charge on any atom is -0.300 e. The van der Waals surface area contributed by atoms with Gasteiger partial charge in [0.25, 0.3) is 0 Å². The van der Waals surface area contributed by atoms with Crippen LogP contribution < -0.4 is 0 Å². The van der Waals surface area contributed by atoms with Gasteiger partial charge in [0.05, 0.1) is 12.1 Å². The van der Waals surface area contributed by atoms with E-state index < -0.39 is 0 Å². The standard InChI is InChI=1S/C21H28N2OS/c1-4-7-18-10-6-11-23(18)14-19-21(17-9-5-8-15(2)12-17)22-20(25-19)13-16(3)24/h5,8-9,12,18H,4,6-7,10-11,13-14H2,1-3H3/t18-/m1/s1. The minimum absolute atomic E-state index is 0.182. The van der Waals surface area contributed by atoms with E-state index in [1.54, 1.807) is 18.3 Å². The van der Waals surface area contributed by atoms with Gasteiger partial charge in [-0.3, -0.25) is 9.69 Å². The Labute approximate surface area is 155 Å². The van der Waals surface area contributed by atoms with Gasteiger partial charge in [-0.15, -0.1) is 11.3 Å². The highest BCUT2D eigenvalue weighted by Gasteiger charge is 2.26. The molecule has 1 aliphatic rings. The Morgan fingerprint density at radius 2 is 2.24 bits per heavy atom. The minimum atomic E-state index is 0.182. The Bertz CT molecular complexity index is 737. The maximum Gasteiger partial charge on any atom is 0.136 e. The van der Waals surface area contributed by atoms with E-state index in [0.29, 0.717) is 12.5 Å². The molecule has 0 amide bonds. The lowest BCUT2D eigenvalue weighted by molar-refractivity contribution is -0.116. The SMILES string of the molecule is CCC[C@@H]1CCCN1Cc1sc(CC(C)=O)nc1-c1cccc(C)c1. The zero-order valence-corrected chi connectivity index (χ0v) is 16.4. The van der Waals surface area contributed by atoms with Gasteiger partial charge in [0.15, 0.2) is 0 Å². The summed E-state index contributed by atoms with van der Waals surface area (Å²) in [6.45, 7) is 8.17. The first kappa shape index (κ1) is 18.3. The molecule has 2 aromatic rings. The van der Waals surface area contributed by atoms with Crippen molar-refractivity contribution in [3.8, 4) is 11.3 Å². The molecule has 1 aromatic heterocycles. The van der Waals surface area contributed by atoms with Crippen LogP contribution in [0.15, 0.2) is 24.3 Å². The van der Waals surface area contributed by atoms with Gasteiger partial charge in [0.1, 0.15) is 10.8 Å². The molecule has 2 heterocycles. The van der Waals surface area contributed by atoms with Gasteiger partial charge in [-0.05, 0) is 45.7 Å². The fourth-order valence-electron chi connectivity index (χ4n) is 3.76. The number of aromatic nitrogens is 1. The number of ketones is 1. The molecule has 0 unspecified atom stereocenters. The molecule has 0 spiro atoms. The molecule has 3 rings (SSSR count). The second-order valence-corrected chi connectivity index (χ2v) is 8.35. The summed E-state index contributed by atoms with van der Waals surface area (Å²) in [5.41, 5.74) is 3.49. The summed E-state index contributed by atoms with van der Waals surface area (Å²) in [7, 11) is 0. The van der Waals surface area contributed by atoms with E-state index in [4.69, 9.17) is 4.98 Å². The molecular weight excluding hydrogens is 328 g/mol. The second-order valence-electron chi connectivity index (χ2n) is 7.18. The van der Waals surface area contributed by atoms with Crippen LogP contribution in [0.1, 0.15) is 55.0 Å². The monoisotopic (exact) mass is 356 g/mol. The number of aryl methyl sites for hydroxylation is 1. The van der Waals surface area contributed by atoms with E-state index in [-0.39, 0.29) is 5.78 Å². The Morgan fingerprint density at radius 1 is 1.40 bits per heavy atom. The average molecular weight is 357 g/mol. The van der Waals surface area contributed by atoms with Crippen LogP contribution in [0.4, 0.5) is 0 Å². The predicted octanol–water partition coefficient (Wildman–Crippen LogP) is 5.01. The summed E-state index contributed by atoms with van der Waals surface area (Å²) < 4.78 is 0. The lowest BCUT2D eigenvalue weighted by Gasteiger charge is -2.23. The summed E-state index contributed by atoms with van der Waals surface area (Å²) in [6.07, 6.45) is 5.57. The molecular formula is C21H28N2OS. The van der Waals surface area contributed by atoms with Crippen LogP contribution in [0.5, 0.6) is 0 Å². The molecule has 1 aromatic carbocycles.